The van der Waals surface area contributed by atoms with E-state index in [0.29, 0.717) is 6.54 Å². The zero-order valence-electron chi connectivity index (χ0n) is 15.5. The van der Waals surface area contributed by atoms with Gasteiger partial charge in [-0.15, -0.1) is 0 Å². The number of rotatable bonds is 5. The monoisotopic (exact) mass is 347 g/mol. The van der Waals surface area contributed by atoms with Gasteiger partial charge in [-0.2, -0.15) is 0 Å². The van der Waals surface area contributed by atoms with Crippen molar-refractivity contribution in [2.24, 2.45) is 0 Å². The third-order valence-corrected chi connectivity index (χ3v) is 4.59. The third-order valence-electron chi connectivity index (χ3n) is 4.59. The molecule has 0 unspecified atom stereocenters. The van der Waals surface area contributed by atoms with Gasteiger partial charge in [-0.1, -0.05) is 42.0 Å². The molecule has 0 atom stereocenters. The van der Waals surface area contributed by atoms with E-state index in [1.54, 1.807) is 0 Å². The third kappa shape index (κ3) is 4.33. The summed E-state index contributed by atoms with van der Waals surface area (Å²) in [6.07, 6.45) is 2.05. The van der Waals surface area contributed by atoms with Crippen LogP contribution in [0.3, 0.4) is 0 Å². The normalized spacial score (nSPS) is 10.6. The standard InChI is InChI=1S/C22H25N3O/c1-16-10-11-21(18(3)13-16)24-22(26)23-14-20-9-6-12-25(20)15-19-8-5-4-7-17(19)2/h4-13H,14-15H2,1-3H3,(H2,23,24,26). The second-order valence-corrected chi connectivity index (χ2v) is 6.68. The largest absolute Gasteiger partial charge is 0.345 e. The van der Waals surface area contributed by atoms with Crippen LogP contribution in [0, 0.1) is 20.8 Å². The number of nitrogens with one attached hydrogen (secondary N) is 2. The fraction of sp³-hybridized carbons (Fsp3) is 0.227. The van der Waals surface area contributed by atoms with E-state index in [-0.39, 0.29) is 6.03 Å². The van der Waals surface area contributed by atoms with Gasteiger partial charge in [0.15, 0.2) is 0 Å². The van der Waals surface area contributed by atoms with Crippen molar-refractivity contribution in [2.75, 3.05) is 5.32 Å². The molecule has 0 saturated heterocycles. The van der Waals surface area contributed by atoms with Crippen molar-refractivity contribution in [3.8, 4) is 0 Å². The number of anilines is 1. The summed E-state index contributed by atoms with van der Waals surface area (Å²) in [5, 5.41) is 5.86. The van der Waals surface area contributed by atoms with Crippen molar-refractivity contribution in [2.45, 2.75) is 33.9 Å². The fourth-order valence-corrected chi connectivity index (χ4v) is 3.03. The van der Waals surface area contributed by atoms with Crippen LogP contribution in [0.4, 0.5) is 10.5 Å². The number of aromatic nitrogens is 1. The van der Waals surface area contributed by atoms with Crippen molar-refractivity contribution >= 4 is 11.7 Å². The van der Waals surface area contributed by atoms with Crippen LogP contribution in [-0.4, -0.2) is 10.6 Å². The molecule has 4 heteroatoms. The minimum atomic E-state index is -0.194. The number of amides is 2. The van der Waals surface area contributed by atoms with E-state index in [1.807, 2.05) is 50.4 Å². The number of hydrogen-bond donors (Lipinski definition) is 2. The summed E-state index contributed by atoms with van der Waals surface area (Å²) < 4.78 is 2.17. The molecule has 0 bridgehead atoms. The molecular formula is C22H25N3O. The molecule has 0 aliphatic heterocycles. The molecule has 2 amide bonds. The maximum atomic E-state index is 12.2. The highest BCUT2D eigenvalue weighted by Gasteiger charge is 2.07. The van der Waals surface area contributed by atoms with Crippen molar-refractivity contribution in [3.63, 3.8) is 0 Å². The highest BCUT2D eigenvalue weighted by Crippen LogP contribution is 2.16. The zero-order chi connectivity index (χ0) is 18.5. The lowest BCUT2D eigenvalue weighted by Crippen LogP contribution is -2.29. The highest BCUT2D eigenvalue weighted by atomic mass is 16.2. The van der Waals surface area contributed by atoms with Crippen molar-refractivity contribution in [3.05, 3.63) is 88.7 Å². The molecule has 0 fully saturated rings. The van der Waals surface area contributed by atoms with Gasteiger partial charge in [0.25, 0.3) is 0 Å². The van der Waals surface area contributed by atoms with E-state index in [9.17, 15) is 4.79 Å². The molecule has 0 aliphatic rings. The number of carbonyl (C=O) groups is 1. The highest BCUT2D eigenvalue weighted by molar-refractivity contribution is 5.90. The minimum absolute atomic E-state index is 0.194. The predicted octanol–water partition coefficient (Wildman–Crippen LogP) is 4.78. The first-order valence-corrected chi connectivity index (χ1v) is 8.83. The number of urea groups is 1. The molecule has 0 aliphatic carbocycles. The quantitative estimate of drug-likeness (QED) is 0.685. The molecule has 2 aromatic carbocycles. The van der Waals surface area contributed by atoms with E-state index in [2.05, 4.69) is 46.4 Å². The Morgan fingerprint density at radius 2 is 1.77 bits per heavy atom. The predicted molar refractivity (Wildman–Crippen MR) is 106 cm³/mol. The average molecular weight is 347 g/mol. The maximum Gasteiger partial charge on any atom is 0.319 e. The fourth-order valence-electron chi connectivity index (χ4n) is 3.03. The van der Waals surface area contributed by atoms with Crippen LogP contribution < -0.4 is 10.6 Å². The Balaban J connectivity index is 1.61. The van der Waals surface area contributed by atoms with Crippen LogP contribution in [0.15, 0.2) is 60.8 Å². The van der Waals surface area contributed by atoms with Crippen LogP contribution in [0.5, 0.6) is 0 Å². The number of nitrogens with zero attached hydrogens (tertiary/aromatic N) is 1. The van der Waals surface area contributed by atoms with E-state index < -0.39 is 0 Å². The Morgan fingerprint density at radius 3 is 2.54 bits per heavy atom. The number of hydrogen-bond acceptors (Lipinski definition) is 1. The summed E-state index contributed by atoms with van der Waals surface area (Å²) in [6, 6.07) is 18.2. The molecule has 0 spiro atoms. The molecule has 3 rings (SSSR count). The molecule has 0 saturated carbocycles. The Bertz CT molecular complexity index is 911. The van der Waals surface area contributed by atoms with Crippen molar-refractivity contribution < 1.29 is 4.79 Å². The zero-order valence-corrected chi connectivity index (χ0v) is 15.5. The second-order valence-electron chi connectivity index (χ2n) is 6.68. The van der Waals surface area contributed by atoms with Crippen LogP contribution in [-0.2, 0) is 13.1 Å². The Kier molecular flexibility index (Phi) is 5.42. The van der Waals surface area contributed by atoms with Gasteiger partial charge in [0.1, 0.15) is 0 Å². The average Bonchev–Trinajstić information content (AvgIpc) is 3.05. The van der Waals surface area contributed by atoms with Gasteiger partial charge < -0.3 is 15.2 Å². The lowest BCUT2D eigenvalue weighted by molar-refractivity contribution is 0.251. The molecule has 26 heavy (non-hydrogen) atoms. The second kappa shape index (κ2) is 7.91. The lowest BCUT2D eigenvalue weighted by Gasteiger charge is -2.13. The van der Waals surface area contributed by atoms with Gasteiger partial charge in [-0.05, 0) is 55.7 Å². The summed E-state index contributed by atoms with van der Waals surface area (Å²) in [5.41, 5.74) is 6.70. The Hall–Kier alpha value is -3.01. The van der Waals surface area contributed by atoms with Gasteiger partial charge in [-0.3, -0.25) is 0 Å². The maximum absolute atomic E-state index is 12.2. The molecular weight excluding hydrogens is 322 g/mol. The van der Waals surface area contributed by atoms with Crippen LogP contribution in [0.1, 0.15) is 27.9 Å². The minimum Gasteiger partial charge on any atom is -0.345 e. The smallest absolute Gasteiger partial charge is 0.319 e. The van der Waals surface area contributed by atoms with Gasteiger partial charge in [-0.25, -0.2) is 4.79 Å². The van der Waals surface area contributed by atoms with Crippen LogP contribution in [0.2, 0.25) is 0 Å². The summed E-state index contributed by atoms with van der Waals surface area (Å²) >= 11 is 0. The first kappa shape index (κ1) is 17.8. The first-order chi connectivity index (χ1) is 12.5. The van der Waals surface area contributed by atoms with E-state index in [0.717, 1.165) is 23.5 Å². The van der Waals surface area contributed by atoms with Gasteiger partial charge in [0.2, 0.25) is 0 Å². The molecule has 2 N–H and O–H groups in total. The number of aryl methyl sites for hydroxylation is 3. The first-order valence-electron chi connectivity index (χ1n) is 8.83. The van der Waals surface area contributed by atoms with Gasteiger partial charge >= 0.3 is 6.03 Å². The summed E-state index contributed by atoms with van der Waals surface area (Å²) in [5.74, 6) is 0. The van der Waals surface area contributed by atoms with Crippen molar-refractivity contribution in [1.82, 2.24) is 9.88 Å². The lowest BCUT2D eigenvalue weighted by atomic mass is 10.1. The van der Waals surface area contributed by atoms with E-state index >= 15 is 0 Å². The Morgan fingerprint density at radius 1 is 0.962 bits per heavy atom. The van der Waals surface area contributed by atoms with Gasteiger partial charge in [0.05, 0.1) is 6.54 Å². The van der Waals surface area contributed by atoms with E-state index in [4.69, 9.17) is 0 Å². The molecule has 134 valence electrons. The molecule has 1 aromatic heterocycles. The molecule has 4 nitrogen and oxygen atoms in total. The topological polar surface area (TPSA) is 46.1 Å². The molecule has 3 aromatic rings. The number of benzene rings is 2. The Labute approximate surface area is 154 Å². The molecule has 1 heterocycles. The summed E-state index contributed by atoms with van der Waals surface area (Å²) in [7, 11) is 0. The van der Waals surface area contributed by atoms with Crippen LogP contribution >= 0.6 is 0 Å². The van der Waals surface area contributed by atoms with Crippen molar-refractivity contribution in [1.29, 1.82) is 0 Å². The summed E-state index contributed by atoms with van der Waals surface area (Å²) in [6.45, 7) is 7.44. The van der Waals surface area contributed by atoms with Gasteiger partial charge in [0, 0.05) is 24.1 Å². The molecule has 0 radical (unpaired) electrons. The summed E-state index contributed by atoms with van der Waals surface area (Å²) in [4.78, 5) is 12.2. The van der Waals surface area contributed by atoms with Crippen LogP contribution in [0.25, 0.3) is 0 Å². The number of carbonyl (C=O) groups excluding carboxylic acids is 1. The van der Waals surface area contributed by atoms with E-state index in [1.165, 1.54) is 16.7 Å². The SMILES string of the molecule is Cc1ccc(NC(=O)NCc2cccn2Cc2ccccc2C)c(C)c1.